The van der Waals surface area contributed by atoms with E-state index >= 15 is 0 Å². The Morgan fingerprint density at radius 3 is 2.41 bits per heavy atom. The van der Waals surface area contributed by atoms with Crippen LogP contribution in [0.5, 0.6) is 5.75 Å². The first kappa shape index (κ1) is 26.0. The molecular weight excluding hydrogens is 496 g/mol. The van der Waals surface area contributed by atoms with Gasteiger partial charge < -0.3 is 10.1 Å². The fraction of sp³-hybridized carbons (Fsp3) is 0.231. The van der Waals surface area contributed by atoms with Gasteiger partial charge in [0.2, 0.25) is 21.8 Å². The van der Waals surface area contributed by atoms with Crippen LogP contribution in [-0.2, 0) is 31.0 Å². The molecule has 0 saturated carbocycles. The van der Waals surface area contributed by atoms with Gasteiger partial charge in [-0.05, 0) is 67.1 Å². The maximum absolute atomic E-state index is 13.8. The summed E-state index contributed by atoms with van der Waals surface area (Å²) >= 11 is 0. The van der Waals surface area contributed by atoms with Gasteiger partial charge in [-0.2, -0.15) is 4.31 Å². The van der Waals surface area contributed by atoms with Crippen molar-refractivity contribution >= 4 is 39.1 Å². The largest absolute Gasteiger partial charge is 0.494 e. The number of nitrogens with one attached hydrogen (secondary N) is 1. The van der Waals surface area contributed by atoms with Crippen molar-refractivity contribution in [3.05, 3.63) is 78.6 Å². The molecule has 0 aliphatic carbocycles. The number of rotatable bonds is 9. The van der Waals surface area contributed by atoms with Gasteiger partial charge in [0.1, 0.15) is 11.8 Å². The highest BCUT2D eigenvalue weighted by Crippen LogP contribution is 2.31. The quantitative estimate of drug-likeness (QED) is 0.428. The highest BCUT2D eigenvalue weighted by atomic mass is 32.2. The molecule has 0 bridgehead atoms. The van der Waals surface area contributed by atoms with Crippen LogP contribution in [0.1, 0.15) is 25.8 Å². The lowest BCUT2D eigenvalue weighted by Gasteiger charge is -2.27. The van der Waals surface area contributed by atoms with Gasteiger partial charge in [-0.1, -0.05) is 6.07 Å². The van der Waals surface area contributed by atoms with E-state index in [9.17, 15) is 22.8 Å². The number of carbonyl (C=O) groups is 3. The minimum absolute atomic E-state index is 0.0785. The summed E-state index contributed by atoms with van der Waals surface area (Å²) in [7, 11) is -4.23. The minimum atomic E-state index is -4.23. The third-order valence-corrected chi connectivity index (χ3v) is 7.59. The number of hydrogen-bond acceptors (Lipinski definition) is 7. The van der Waals surface area contributed by atoms with Crippen LogP contribution in [0.15, 0.2) is 78.0 Å². The number of anilines is 2. The van der Waals surface area contributed by atoms with Crippen LogP contribution in [0, 0.1) is 0 Å². The Hall–Kier alpha value is -4.09. The van der Waals surface area contributed by atoms with Gasteiger partial charge in [0, 0.05) is 31.5 Å². The first-order valence-electron chi connectivity index (χ1n) is 11.6. The van der Waals surface area contributed by atoms with Crippen LogP contribution >= 0.6 is 0 Å². The fourth-order valence-electron chi connectivity index (χ4n) is 4.05. The summed E-state index contributed by atoms with van der Waals surface area (Å²) in [6.45, 7) is 3.50. The molecule has 11 heteroatoms. The second-order valence-electron chi connectivity index (χ2n) is 8.33. The molecule has 2 heterocycles. The number of sulfonamides is 1. The maximum atomic E-state index is 13.8. The van der Waals surface area contributed by atoms with E-state index in [-0.39, 0.29) is 23.8 Å². The Morgan fingerprint density at radius 1 is 1.11 bits per heavy atom. The van der Waals surface area contributed by atoms with Gasteiger partial charge in [0.15, 0.2) is 0 Å². The Morgan fingerprint density at radius 2 is 1.81 bits per heavy atom. The number of carbonyl (C=O) groups excluding carboxylic acids is 3. The summed E-state index contributed by atoms with van der Waals surface area (Å²) < 4.78 is 34.0. The van der Waals surface area contributed by atoms with Crippen molar-refractivity contribution < 1.29 is 27.5 Å². The van der Waals surface area contributed by atoms with E-state index in [1.54, 1.807) is 42.6 Å². The molecule has 3 amide bonds. The van der Waals surface area contributed by atoms with Crippen LogP contribution in [0.2, 0.25) is 0 Å². The van der Waals surface area contributed by atoms with E-state index in [0.717, 1.165) is 9.21 Å². The van der Waals surface area contributed by atoms with Crippen LogP contribution in [0.4, 0.5) is 11.4 Å². The third kappa shape index (κ3) is 5.68. The molecule has 0 radical (unpaired) electrons. The molecule has 1 N–H and O–H groups in total. The van der Waals surface area contributed by atoms with Gasteiger partial charge in [-0.15, -0.1) is 0 Å². The molecule has 1 aliphatic heterocycles. The Bertz CT molecular complexity index is 1390. The lowest BCUT2D eigenvalue weighted by molar-refractivity contribution is -0.122. The molecule has 1 fully saturated rings. The highest BCUT2D eigenvalue weighted by Gasteiger charge is 2.47. The third-order valence-electron chi connectivity index (χ3n) is 5.72. The first-order valence-corrected chi connectivity index (χ1v) is 13.0. The molecule has 192 valence electrons. The number of hydrogen-bond donors (Lipinski definition) is 1. The van der Waals surface area contributed by atoms with Crippen molar-refractivity contribution in [1.29, 1.82) is 0 Å². The lowest BCUT2D eigenvalue weighted by atomic mass is 10.2. The smallest absolute Gasteiger partial charge is 0.252 e. The summed E-state index contributed by atoms with van der Waals surface area (Å²) in [5.74, 6) is -0.855. The van der Waals surface area contributed by atoms with Gasteiger partial charge >= 0.3 is 0 Å². The number of amides is 3. The molecule has 37 heavy (non-hydrogen) atoms. The summed E-state index contributed by atoms with van der Waals surface area (Å²) in [5, 5.41) is 2.59. The normalized spacial score (nSPS) is 15.8. The van der Waals surface area contributed by atoms with E-state index in [2.05, 4.69) is 10.3 Å². The second kappa shape index (κ2) is 10.9. The first-order chi connectivity index (χ1) is 17.7. The zero-order valence-electron chi connectivity index (χ0n) is 20.3. The molecule has 10 nitrogen and oxygen atoms in total. The molecule has 1 aromatic heterocycles. The molecular formula is C26H26N4O6S. The molecule has 2 aromatic carbocycles. The monoisotopic (exact) mass is 522 g/mol. The van der Waals surface area contributed by atoms with Gasteiger partial charge in [-0.3, -0.25) is 19.4 Å². The number of aromatic nitrogens is 1. The second-order valence-corrected chi connectivity index (χ2v) is 10.2. The number of benzene rings is 2. The topological polar surface area (TPSA) is 126 Å². The number of pyridine rings is 1. The molecule has 1 saturated heterocycles. The van der Waals surface area contributed by atoms with Crippen LogP contribution in [-0.4, -0.2) is 48.1 Å². The van der Waals surface area contributed by atoms with Crippen LogP contribution < -0.4 is 15.0 Å². The molecule has 1 unspecified atom stereocenters. The molecule has 1 atom stereocenters. The summed E-state index contributed by atoms with van der Waals surface area (Å²) in [4.78, 5) is 42.8. The van der Waals surface area contributed by atoms with Crippen LogP contribution in [0.25, 0.3) is 0 Å². The molecule has 1 aliphatic rings. The van der Waals surface area contributed by atoms with Crippen molar-refractivity contribution in [2.24, 2.45) is 0 Å². The molecule has 0 spiro atoms. The van der Waals surface area contributed by atoms with E-state index in [0.29, 0.717) is 29.3 Å². The Labute approximate surface area is 214 Å². The highest BCUT2D eigenvalue weighted by molar-refractivity contribution is 7.89. The Balaban J connectivity index is 1.68. The zero-order chi connectivity index (χ0) is 26.6. The summed E-state index contributed by atoms with van der Waals surface area (Å²) in [5.41, 5.74) is 1.32. The van der Waals surface area contributed by atoms with Crippen molar-refractivity contribution in [2.45, 2.75) is 37.8 Å². The average Bonchev–Trinajstić information content (AvgIpc) is 3.17. The SMILES string of the molecule is CCOc1ccc(N2C(=O)CC(N(Cc3cccnc3)S(=O)(=O)c3ccc(NC(C)=O)cc3)C2=O)cc1. The molecule has 4 rings (SSSR count). The maximum Gasteiger partial charge on any atom is 0.252 e. The van der Waals surface area contributed by atoms with Crippen molar-refractivity contribution in [3.8, 4) is 5.75 Å². The van der Waals surface area contributed by atoms with Gasteiger partial charge in [0.25, 0.3) is 5.91 Å². The van der Waals surface area contributed by atoms with Crippen molar-refractivity contribution in [1.82, 2.24) is 9.29 Å². The van der Waals surface area contributed by atoms with Crippen molar-refractivity contribution in [2.75, 3.05) is 16.8 Å². The Kier molecular flexibility index (Phi) is 7.65. The van der Waals surface area contributed by atoms with E-state index in [4.69, 9.17) is 4.74 Å². The van der Waals surface area contributed by atoms with E-state index < -0.39 is 27.9 Å². The van der Waals surface area contributed by atoms with Gasteiger partial charge in [0.05, 0.1) is 23.6 Å². The number of nitrogens with zero attached hydrogens (tertiary/aromatic N) is 3. The van der Waals surface area contributed by atoms with E-state index in [1.165, 1.54) is 37.4 Å². The minimum Gasteiger partial charge on any atom is -0.494 e. The average molecular weight is 523 g/mol. The summed E-state index contributed by atoms with van der Waals surface area (Å²) in [6.07, 6.45) is 2.75. The zero-order valence-corrected chi connectivity index (χ0v) is 21.1. The van der Waals surface area contributed by atoms with E-state index in [1.807, 2.05) is 6.92 Å². The predicted molar refractivity (Wildman–Crippen MR) is 136 cm³/mol. The number of ether oxygens (including phenoxy) is 1. The van der Waals surface area contributed by atoms with Gasteiger partial charge in [-0.25, -0.2) is 13.3 Å². The standard InChI is InChI=1S/C26H26N4O6S/c1-3-36-22-10-8-21(9-11-22)30-25(32)15-24(26(30)33)29(17-19-5-4-14-27-16-19)37(34,35)23-12-6-20(7-13-23)28-18(2)31/h4-14,16,24H,3,15,17H2,1-2H3,(H,28,31). The molecule has 3 aromatic rings. The summed E-state index contributed by atoms with van der Waals surface area (Å²) in [6, 6.07) is 14.2. The van der Waals surface area contributed by atoms with Crippen molar-refractivity contribution in [3.63, 3.8) is 0 Å². The number of imide groups is 1. The predicted octanol–water partition coefficient (Wildman–Crippen LogP) is 2.96. The fourth-order valence-corrected chi connectivity index (χ4v) is 5.62. The lowest BCUT2D eigenvalue weighted by Crippen LogP contribution is -2.45. The van der Waals surface area contributed by atoms with Crippen LogP contribution in [0.3, 0.4) is 0 Å².